The largest absolute Gasteiger partial charge is 0.357 e. The van der Waals surface area contributed by atoms with Crippen LogP contribution < -0.4 is 4.90 Å². The number of ketones is 1. The fraction of sp³-hybridized carbons (Fsp3) is 0.333. The number of carbonyl (C=O) groups is 1. The van der Waals surface area contributed by atoms with Crippen molar-refractivity contribution in [2.75, 3.05) is 18.0 Å². The number of nitrogens with zero attached hydrogens (tertiary/aromatic N) is 2. The molecule has 2 aromatic rings. The lowest BCUT2D eigenvalue weighted by Gasteiger charge is -2.19. The normalized spacial score (nSPS) is 10.6. The third kappa shape index (κ3) is 2.35. The Bertz CT molecular complexity index is 574. The summed E-state index contributed by atoms with van der Waals surface area (Å²) >= 11 is 0. The summed E-state index contributed by atoms with van der Waals surface area (Å²) in [4.78, 5) is 18.2. The Hall–Kier alpha value is -1.90. The summed E-state index contributed by atoms with van der Waals surface area (Å²) < 4.78 is 0. The molecule has 0 spiro atoms. The molecular formula is C15H18N2O. The standard InChI is InChI=1S/C15H18N2O/c1-4-17(5-2)15-9-7-13-10-12(11(3)18)6-8-14(13)16-15/h6-10H,4-5H2,1-3H3. The maximum Gasteiger partial charge on any atom is 0.159 e. The van der Waals surface area contributed by atoms with Crippen molar-refractivity contribution >= 4 is 22.5 Å². The van der Waals surface area contributed by atoms with Crippen LogP contribution in [-0.2, 0) is 0 Å². The third-order valence-electron chi connectivity index (χ3n) is 3.17. The highest BCUT2D eigenvalue weighted by molar-refractivity contribution is 5.98. The van der Waals surface area contributed by atoms with Crippen molar-refractivity contribution in [1.82, 2.24) is 4.98 Å². The Kier molecular flexibility index (Phi) is 3.60. The summed E-state index contributed by atoms with van der Waals surface area (Å²) in [6.45, 7) is 7.71. The highest BCUT2D eigenvalue weighted by atomic mass is 16.1. The van der Waals surface area contributed by atoms with Gasteiger partial charge in [0.25, 0.3) is 0 Å². The van der Waals surface area contributed by atoms with Crippen molar-refractivity contribution in [3.63, 3.8) is 0 Å². The molecule has 0 bridgehead atoms. The van der Waals surface area contributed by atoms with Crippen LogP contribution in [0.5, 0.6) is 0 Å². The zero-order valence-corrected chi connectivity index (χ0v) is 11.1. The summed E-state index contributed by atoms with van der Waals surface area (Å²) in [5.41, 5.74) is 1.67. The second-order valence-corrected chi connectivity index (χ2v) is 4.31. The van der Waals surface area contributed by atoms with Crippen molar-refractivity contribution in [2.24, 2.45) is 0 Å². The molecule has 1 aromatic carbocycles. The second-order valence-electron chi connectivity index (χ2n) is 4.31. The van der Waals surface area contributed by atoms with E-state index in [0.29, 0.717) is 0 Å². The van der Waals surface area contributed by atoms with Gasteiger partial charge < -0.3 is 4.90 Å². The fourth-order valence-corrected chi connectivity index (χ4v) is 2.06. The van der Waals surface area contributed by atoms with Gasteiger partial charge in [0.2, 0.25) is 0 Å². The van der Waals surface area contributed by atoms with Gasteiger partial charge in [0.1, 0.15) is 5.82 Å². The lowest BCUT2D eigenvalue weighted by Crippen LogP contribution is -2.22. The van der Waals surface area contributed by atoms with E-state index in [1.165, 1.54) is 0 Å². The Morgan fingerprint density at radius 2 is 1.89 bits per heavy atom. The lowest BCUT2D eigenvalue weighted by atomic mass is 10.1. The first kappa shape index (κ1) is 12.6. The number of hydrogen-bond acceptors (Lipinski definition) is 3. The highest BCUT2D eigenvalue weighted by Crippen LogP contribution is 2.19. The van der Waals surface area contributed by atoms with E-state index < -0.39 is 0 Å². The predicted octanol–water partition coefficient (Wildman–Crippen LogP) is 3.28. The average Bonchev–Trinajstić information content (AvgIpc) is 2.39. The van der Waals surface area contributed by atoms with E-state index in [4.69, 9.17) is 0 Å². The summed E-state index contributed by atoms with van der Waals surface area (Å²) in [5, 5.41) is 1.01. The molecule has 0 unspecified atom stereocenters. The van der Waals surface area contributed by atoms with Gasteiger partial charge in [-0.25, -0.2) is 4.98 Å². The van der Waals surface area contributed by atoms with Crippen molar-refractivity contribution in [3.8, 4) is 0 Å². The van der Waals surface area contributed by atoms with Crippen LogP contribution in [0.4, 0.5) is 5.82 Å². The van der Waals surface area contributed by atoms with E-state index in [0.717, 1.165) is 35.4 Å². The number of hydrogen-bond donors (Lipinski definition) is 0. The van der Waals surface area contributed by atoms with Crippen LogP contribution >= 0.6 is 0 Å². The number of aromatic nitrogens is 1. The van der Waals surface area contributed by atoms with E-state index >= 15 is 0 Å². The molecule has 0 saturated heterocycles. The molecule has 18 heavy (non-hydrogen) atoms. The predicted molar refractivity (Wildman–Crippen MR) is 75.3 cm³/mol. The molecule has 0 aliphatic carbocycles. The van der Waals surface area contributed by atoms with Crippen LogP contribution in [0.15, 0.2) is 30.3 Å². The molecule has 0 aliphatic heterocycles. The Balaban J connectivity index is 2.47. The van der Waals surface area contributed by atoms with Crippen molar-refractivity contribution in [1.29, 1.82) is 0 Å². The minimum Gasteiger partial charge on any atom is -0.357 e. The first-order valence-corrected chi connectivity index (χ1v) is 6.32. The molecule has 0 radical (unpaired) electrons. The van der Waals surface area contributed by atoms with Crippen LogP contribution in [0.1, 0.15) is 31.1 Å². The lowest BCUT2D eigenvalue weighted by molar-refractivity contribution is 0.101. The van der Waals surface area contributed by atoms with Crippen LogP contribution in [0, 0.1) is 0 Å². The zero-order chi connectivity index (χ0) is 13.1. The molecule has 1 heterocycles. The van der Waals surface area contributed by atoms with Gasteiger partial charge in [-0.15, -0.1) is 0 Å². The molecule has 3 heteroatoms. The molecule has 0 N–H and O–H groups in total. The van der Waals surface area contributed by atoms with Gasteiger partial charge in [0, 0.05) is 24.0 Å². The molecule has 3 nitrogen and oxygen atoms in total. The number of rotatable bonds is 4. The minimum atomic E-state index is 0.0877. The maximum atomic E-state index is 11.3. The zero-order valence-electron chi connectivity index (χ0n) is 11.1. The Labute approximate surface area is 107 Å². The van der Waals surface area contributed by atoms with Crippen LogP contribution in [0.25, 0.3) is 10.9 Å². The van der Waals surface area contributed by atoms with Gasteiger partial charge in [-0.05, 0) is 51.1 Å². The van der Waals surface area contributed by atoms with Crippen molar-refractivity contribution < 1.29 is 4.79 Å². The molecule has 2 rings (SSSR count). The van der Waals surface area contributed by atoms with Crippen molar-refractivity contribution in [2.45, 2.75) is 20.8 Å². The second kappa shape index (κ2) is 5.17. The van der Waals surface area contributed by atoms with Crippen LogP contribution in [0.2, 0.25) is 0 Å². The van der Waals surface area contributed by atoms with E-state index in [-0.39, 0.29) is 5.78 Å². The first-order chi connectivity index (χ1) is 8.65. The minimum absolute atomic E-state index is 0.0877. The monoisotopic (exact) mass is 242 g/mol. The topological polar surface area (TPSA) is 33.2 Å². The third-order valence-corrected chi connectivity index (χ3v) is 3.17. The number of anilines is 1. The van der Waals surface area contributed by atoms with Crippen molar-refractivity contribution in [3.05, 3.63) is 35.9 Å². The number of carbonyl (C=O) groups excluding carboxylic acids is 1. The number of Topliss-reactive ketones (excluding diaryl/α,β-unsaturated/α-hetero) is 1. The Morgan fingerprint density at radius 3 is 2.50 bits per heavy atom. The number of pyridine rings is 1. The Morgan fingerprint density at radius 1 is 1.17 bits per heavy atom. The first-order valence-electron chi connectivity index (χ1n) is 6.32. The van der Waals surface area contributed by atoms with Gasteiger partial charge in [-0.3, -0.25) is 4.79 Å². The SMILES string of the molecule is CCN(CC)c1ccc2cc(C(C)=O)ccc2n1. The molecule has 0 saturated carbocycles. The molecular weight excluding hydrogens is 224 g/mol. The fourth-order valence-electron chi connectivity index (χ4n) is 2.06. The smallest absolute Gasteiger partial charge is 0.159 e. The summed E-state index contributed by atoms with van der Waals surface area (Å²) in [6.07, 6.45) is 0. The van der Waals surface area contributed by atoms with E-state index in [2.05, 4.69) is 23.7 Å². The quantitative estimate of drug-likeness (QED) is 0.771. The van der Waals surface area contributed by atoms with Gasteiger partial charge in [-0.2, -0.15) is 0 Å². The molecule has 0 atom stereocenters. The number of fused-ring (bicyclic) bond motifs is 1. The maximum absolute atomic E-state index is 11.3. The van der Waals surface area contributed by atoms with Gasteiger partial charge in [0.05, 0.1) is 5.52 Å². The van der Waals surface area contributed by atoms with Gasteiger partial charge in [-0.1, -0.05) is 0 Å². The molecule has 94 valence electrons. The highest BCUT2D eigenvalue weighted by Gasteiger charge is 2.06. The van der Waals surface area contributed by atoms with Crippen LogP contribution in [0.3, 0.4) is 0 Å². The van der Waals surface area contributed by atoms with E-state index in [1.807, 2.05) is 30.3 Å². The summed E-state index contributed by atoms with van der Waals surface area (Å²) in [6, 6.07) is 9.70. The van der Waals surface area contributed by atoms with E-state index in [1.54, 1.807) is 6.92 Å². The molecule has 1 aromatic heterocycles. The summed E-state index contributed by atoms with van der Waals surface area (Å²) in [7, 11) is 0. The van der Waals surface area contributed by atoms with Crippen LogP contribution in [-0.4, -0.2) is 23.9 Å². The number of benzene rings is 1. The van der Waals surface area contributed by atoms with Gasteiger partial charge >= 0.3 is 0 Å². The van der Waals surface area contributed by atoms with E-state index in [9.17, 15) is 4.79 Å². The molecule has 0 aliphatic rings. The molecule has 0 fully saturated rings. The average molecular weight is 242 g/mol. The van der Waals surface area contributed by atoms with Gasteiger partial charge in [0.15, 0.2) is 5.78 Å². The molecule has 0 amide bonds. The summed E-state index contributed by atoms with van der Waals surface area (Å²) in [5.74, 6) is 1.08.